The molecule has 3 nitrogen and oxygen atoms in total. The third kappa shape index (κ3) is 3.74. The SMILES string of the molecule is Cc1ccc(C(C)NCC2(O)CCCC(C)C2)c(O)c1. The maximum atomic E-state index is 10.6. The van der Waals surface area contributed by atoms with Crippen LogP contribution >= 0.6 is 0 Å². The van der Waals surface area contributed by atoms with Crippen molar-refractivity contribution in [2.24, 2.45) is 5.92 Å². The molecule has 1 aliphatic carbocycles. The van der Waals surface area contributed by atoms with E-state index in [1.807, 2.05) is 26.0 Å². The third-order valence-electron chi connectivity index (χ3n) is 4.46. The van der Waals surface area contributed by atoms with Crippen molar-refractivity contribution in [3.63, 3.8) is 0 Å². The van der Waals surface area contributed by atoms with Gasteiger partial charge < -0.3 is 15.5 Å². The van der Waals surface area contributed by atoms with Gasteiger partial charge in [-0.2, -0.15) is 0 Å². The van der Waals surface area contributed by atoms with Crippen LogP contribution in [0.4, 0.5) is 0 Å². The van der Waals surface area contributed by atoms with E-state index >= 15 is 0 Å². The van der Waals surface area contributed by atoms with Crippen molar-refractivity contribution in [1.82, 2.24) is 5.32 Å². The Morgan fingerprint density at radius 1 is 1.45 bits per heavy atom. The predicted octanol–water partition coefficient (Wildman–Crippen LogP) is 3.29. The Kier molecular flexibility index (Phi) is 4.71. The van der Waals surface area contributed by atoms with E-state index in [-0.39, 0.29) is 6.04 Å². The monoisotopic (exact) mass is 277 g/mol. The average Bonchev–Trinajstić information content (AvgIpc) is 2.36. The normalized spacial score (nSPS) is 28.3. The van der Waals surface area contributed by atoms with Crippen LogP contribution in [0.3, 0.4) is 0 Å². The van der Waals surface area contributed by atoms with Crippen LogP contribution in [0.5, 0.6) is 5.75 Å². The summed E-state index contributed by atoms with van der Waals surface area (Å²) in [4.78, 5) is 0. The maximum absolute atomic E-state index is 10.6. The van der Waals surface area contributed by atoms with Gasteiger partial charge in [0, 0.05) is 18.2 Å². The number of aromatic hydroxyl groups is 1. The van der Waals surface area contributed by atoms with E-state index < -0.39 is 5.60 Å². The second-order valence-corrected chi connectivity index (χ2v) is 6.59. The predicted molar refractivity (Wildman–Crippen MR) is 81.8 cm³/mol. The van der Waals surface area contributed by atoms with Crippen LogP contribution in [0.1, 0.15) is 56.7 Å². The molecule has 0 bridgehead atoms. The van der Waals surface area contributed by atoms with Crippen LogP contribution in [0, 0.1) is 12.8 Å². The van der Waals surface area contributed by atoms with Crippen LogP contribution in [0.25, 0.3) is 0 Å². The van der Waals surface area contributed by atoms with E-state index in [0.29, 0.717) is 18.2 Å². The molecule has 0 radical (unpaired) electrons. The van der Waals surface area contributed by atoms with Gasteiger partial charge in [-0.1, -0.05) is 31.9 Å². The van der Waals surface area contributed by atoms with Crippen molar-refractivity contribution in [3.8, 4) is 5.75 Å². The molecule has 3 N–H and O–H groups in total. The maximum Gasteiger partial charge on any atom is 0.120 e. The Balaban J connectivity index is 1.96. The van der Waals surface area contributed by atoms with Crippen molar-refractivity contribution >= 4 is 0 Å². The number of aliphatic hydroxyl groups is 1. The Bertz CT molecular complexity index is 460. The summed E-state index contributed by atoms with van der Waals surface area (Å²) in [5.74, 6) is 0.924. The van der Waals surface area contributed by atoms with Gasteiger partial charge in [0.25, 0.3) is 0 Å². The fourth-order valence-electron chi connectivity index (χ4n) is 3.27. The second-order valence-electron chi connectivity index (χ2n) is 6.59. The van der Waals surface area contributed by atoms with Gasteiger partial charge >= 0.3 is 0 Å². The second kappa shape index (κ2) is 6.15. The molecule has 3 atom stereocenters. The minimum atomic E-state index is -0.591. The van der Waals surface area contributed by atoms with Gasteiger partial charge in [-0.15, -0.1) is 0 Å². The summed E-state index contributed by atoms with van der Waals surface area (Å²) in [5, 5.41) is 24.0. The smallest absolute Gasteiger partial charge is 0.120 e. The van der Waals surface area contributed by atoms with Gasteiger partial charge in [0.15, 0.2) is 0 Å². The minimum Gasteiger partial charge on any atom is -0.508 e. The van der Waals surface area contributed by atoms with Gasteiger partial charge in [0.1, 0.15) is 5.75 Å². The fourth-order valence-corrected chi connectivity index (χ4v) is 3.27. The first-order chi connectivity index (χ1) is 9.39. The molecule has 1 saturated carbocycles. The van der Waals surface area contributed by atoms with Crippen LogP contribution < -0.4 is 5.32 Å². The molecule has 2 rings (SSSR count). The molecule has 1 fully saturated rings. The highest BCUT2D eigenvalue weighted by atomic mass is 16.3. The third-order valence-corrected chi connectivity index (χ3v) is 4.46. The molecule has 0 amide bonds. The highest BCUT2D eigenvalue weighted by Gasteiger charge is 2.32. The van der Waals surface area contributed by atoms with Gasteiger partial charge in [-0.05, 0) is 44.2 Å². The van der Waals surface area contributed by atoms with E-state index in [1.54, 1.807) is 6.07 Å². The van der Waals surface area contributed by atoms with Crippen LogP contribution in [-0.2, 0) is 0 Å². The number of phenols is 1. The number of nitrogens with one attached hydrogen (secondary N) is 1. The lowest BCUT2D eigenvalue weighted by Crippen LogP contribution is -2.44. The number of rotatable bonds is 4. The van der Waals surface area contributed by atoms with Crippen molar-refractivity contribution < 1.29 is 10.2 Å². The number of hydrogen-bond acceptors (Lipinski definition) is 3. The van der Waals surface area contributed by atoms with E-state index in [4.69, 9.17) is 0 Å². The van der Waals surface area contributed by atoms with Crippen molar-refractivity contribution in [2.75, 3.05) is 6.54 Å². The summed E-state index contributed by atoms with van der Waals surface area (Å²) in [7, 11) is 0. The highest BCUT2D eigenvalue weighted by molar-refractivity contribution is 5.37. The molecular formula is C17H27NO2. The van der Waals surface area contributed by atoms with Crippen LogP contribution in [-0.4, -0.2) is 22.4 Å². The van der Waals surface area contributed by atoms with Gasteiger partial charge in [-0.25, -0.2) is 0 Å². The summed E-state index contributed by atoms with van der Waals surface area (Å²) in [5.41, 5.74) is 1.35. The summed E-state index contributed by atoms with van der Waals surface area (Å²) >= 11 is 0. The van der Waals surface area contributed by atoms with E-state index in [2.05, 4.69) is 12.2 Å². The summed E-state index contributed by atoms with van der Waals surface area (Å²) in [6, 6.07) is 5.78. The van der Waals surface area contributed by atoms with Crippen LogP contribution in [0.15, 0.2) is 18.2 Å². The number of hydrogen-bond donors (Lipinski definition) is 3. The molecule has 0 saturated heterocycles. The Morgan fingerprint density at radius 2 is 2.20 bits per heavy atom. The number of benzene rings is 1. The molecule has 0 heterocycles. The zero-order valence-electron chi connectivity index (χ0n) is 12.8. The first-order valence-electron chi connectivity index (χ1n) is 7.65. The number of aryl methyl sites for hydroxylation is 1. The summed E-state index contributed by atoms with van der Waals surface area (Å²) < 4.78 is 0. The first kappa shape index (κ1) is 15.3. The molecule has 0 aromatic heterocycles. The molecule has 1 aliphatic rings. The molecule has 0 spiro atoms. The highest BCUT2D eigenvalue weighted by Crippen LogP contribution is 2.32. The molecule has 1 aromatic rings. The Hall–Kier alpha value is -1.06. The zero-order valence-corrected chi connectivity index (χ0v) is 12.8. The Labute approximate surface area is 122 Å². The lowest BCUT2D eigenvalue weighted by molar-refractivity contribution is -0.0134. The van der Waals surface area contributed by atoms with Gasteiger partial charge in [0.2, 0.25) is 0 Å². The van der Waals surface area contributed by atoms with Crippen LogP contribution in [0.2, 0.25) is 0 Å². The Morgan fingerprint density at radius 3 is 2.85 bits per heavy atom. The average molecular weight is 277 g/mol. The van der Waals surface area contributed by atoms with E-state index in [1.165, 1.54) is 6.42 Å². The first-order valence-corrected chi connectivity index (χ1v) is 7.65. The fraction of sp³-hybridized carbons (Fsp3) is 0.647. The summed E-state index contributed by atoms with van der Waals surface area (Å²) in [6.07, 6.45) is 4.06. The van der Waals surface area contributed by atoms with Gasteiger partial charge in [0.05, 0.1) is 5.60 Å². The lowest BCUT2D eigenvalue weighted by atomic mass is 9.79. The summed E-state index contributed by atoms with van der Waals surface area (Å²) in [6.45, 7) is 6.79. The van der Waals surface area contributed by atoms with E-state index in [0.717, 1.165) is 30.4 Å². The topological polar surface area (TPSA) is 52.5 Å². The van der Waals surface area contributed by atoms with Crippen molar-refractivity contribution in [1.29, 1.82) is 0 Å². The number of phenolic OH excluding ortho intramolecular Hbond substituents is 1. The minimum absolute atomic E-state index is 0.0388. The molecule has 3 heteroatoms. The molecule has 112 valence electrons. The quantitative estimate of drug-likeness (QED) is 0.791. The lowest BCUT2D eigenvalue weighted by Gasteiger charge is -2.36. The molecular weight excluding hydrogens is 250 g/mol. The molecule has 20 heavy (non-hydrogen) atoms. The van der Waals surface area contributed by atoms with E-state index in [9.17, 15) is 10.2 Å². The van der Waals surface area contributed by atoms with Gasteiger partial charge in [-0.3, -0.25) is 0 Å². The standard InChI is InChI=1S/C17H27NO2/c1-12-6-7-15(16(19)9-12)14(3)18-11-17(20)8-4-5-13(2)10-17/h6-7,9,13-14,18-20H,4-5,8,10-11H2,1-3H3. The molecule has 1 aromatic carbocycles. The van der Waals surface area contributed by atoms with Crippen molar-refractivity contribution in [3.05, 3.63) is 29.3 Å². The zero-order chi connectivity index (χ0) is 14.8. The van der Waals surface area contributed by atoms with Crippen molar-refractivity contribution in [2.45, 2.75) is 58.1 Å². The molecule has 0 aliphatic heterocycles. The largest absolute Gasteiger partial charge is 0.508 e. The molecule has 3 unspecified atom stereocenters.